The van der Waals surface area contributed by atoms with Gasteiger partial charge in [0.05, 0.1) is 0 Å². The summed E-state index contributed by atoms with van der Waals surface area (Å²) in [5.41, 5.74) is 0.612. The van der Waals surface area contributed by atoms with Crippen LogP contribution in [-0.2, 0) is 25.6 Å². The Bertz CT molecular complexity index is 733. The van der Waals surface area contributed by atoms with Gasteiger partial charge in [-0.05, 0) is 36.5 Å². The molecule has 1 aromatic rings. The first-order chi connectivity index (χ1) is 11.8. The first kappa shape index (κ1) is 18.4. The number of hydrogen-bond donors (Lipinski definition) is 2. The highest BCUT2D eigenvalue weighted by molar-refractivity contribution is 6.37. The molecule has 0 heterocycles. The van der Waals surface area contributed by atoms with Crippen LogP contribution in [0, 0.1) is 5.92 Å². The Hall–Kier alpha value is -2.96. The Balaban J connectivity index is 1.91. The van der Waals surface area contributed by atoms with E-state index in [1.807, 2.05) is 0 Å². The first-order valence-electron chi connectivity index (χ1n) is 7.85. The van der Waals surface area contributed by atoms with Gasteiger partial charge in [-0.3, -0.25) is 14.4 Å². The summed E-state index contributed by atoms with van der Waals surface area (Å²) in [4.78, 5) is 44.8. The SMILES string of the molecule is O=C(O)CCc1ccc(OC(=O)C=CC2CCC(=O)C(=O)C2)c(O)c1. The van der Waals surface area contributed by atoms with Gasteiger partial charge >= 0.3 is 11.9 Å². The minimum Gasteiger partial charge on any atom is -0.504 e. The highest BCUT2D eigenvalue weighted by Crippen LogP contribution is 2.28. The number of carbonyl (C=O) groups excluding carboxylic acids is 3. The number of phenolic OH excluding ortho intramolecular Hbond substituents is 1. The number of hydrogen-bond acceptors (Lipinski definition) is 6. The standard InChI is InChI=1S/C18H18O7/c19-13-5-1-11(9-14(13)20)4-8-18(24)25-16-6-2-12(10-15(16)21)3-7-17(22)23/h2,4,6,8,10-11,21H,1,3,5,7,9H2,(H,22,23). The molecule has 7 heteroatoms. The van der Waals surface area contributed by atoms with Crippen molar-refractivity contribution in [2.24, 2.45) is 5.92 Å². The quantitative estimate of drug-likeness (QED) is 0.349. The Morgan fingerprint density at radius 1 is 1.24 bits per heavy atom. The number of aliphatic carboxylic acids is 1. The predicted molar refractivity (Wildman–Crippen MR) is 86.2 cm³/mol. The fourth-order valence-electron chi connectivity index (χ4n) is 2.49. The number of allylic oxidation sites excluding steroid dienone is 1. The maximum atomic E-state index is 11.8. The summed E-state index contributed by atoms with van der Waals surface area (Å²) in [7, 11) is 0. The number of aryl methyl sites for hydroxylation is 1. The van der Waals surface area contributed by atoms with Crippen LogP contribution in [0.4, 0.5) is 0 Å². The molecule has 2 N–H and O–H groups in total. The normalized spacial score (nSPS) is 17.7. The van der Waals surface area contributed by atoms with E-state index in [4.69, 9.17) is 9.84 Å². The summed E-state index contributed by atoms with van der Waals surface area (Å²) < 4.78 is 5.02. The lowest BCUT2D eigenvalue weighted by Crippen LogP contribution is -2.23. The van der Waals surface area contributed by atoms with Crippen molar-refractivity contribution in [2.75, 3.05) is 0 Å². The smallest absolute Gasteiger partial charge is 0.335 e. The van der Waals surface area contributed by atoms with Crippen molar-refractivity contribution in [1.82, 2.24) is 0 Å². The van der Waals surface area contributed by atoms with Gasteiger partial charge in [-0.1, -0.05) is 12.1 Å². The van der Waals surface area contributed by atoms with Gasteiger partial charge in [-0.2, -0.15) is 0 Å². The van der Waals surface area contributed by atoms with E-state index in [1.54, 1.807) is 6.07 Å². The van der Waals surface area contributed by atoms with Crippen molar-refractivity contribution in [3.8, 4) is 11.5 Å². The molecular formula is C18H18O7. The van der Waals surface area contributed by atoms with E-state index in [-0.39, 0.29) is 48.9 Å². The van der Waals surface area contributed by atoms with Crippen LogP contribution < -0.4 is 4.74 Å². The molecule has 1 aliphatic rings. The summed E-state index contributed by atoms with van der Waals surface area (Å²) in [5, 5.41) is 18.5. The summed E-state index contributed by atoms with van der Waals surface area (Å²) >= 11 is 0. The zero-order chi connectivity index (χ0) is 18.4. The van der Waals surface area contributed by atoms with E-state index in [9.17, 15) is 24.3 Å². The molecule has 1 atom stereocenters. The fourth-order valence-corrected chi connectivity index (χ4v) is 2.49. The average Bonchev–Trinajstić information content (AvgIpc) is 2.56. The Kier molecular flexibility index (Phi) is 6.05. The molecule has 2 rings (SSSR count). The second kappa shape index (κ2) is 8.23. The molecule has 0 spiro atoms. The third kappa shape index (κ3) is 5.56. The van der Waals surface area contributed by atoms with Crippen LogP contribution in [-0.4, -0.2) is 33.7 Å². The van der Waals surface area contributed by atoms with E-state index in [1.165, 1.54) is 24.3 Å². The number of benzene rings is 1. The number of ketones is 2. The minimum absolute atomic E-state index is 0.0383. The minimum atomic E-state index is -0.942. The third-order valence-electron chi connectivity index (χ3n) is 3.87. The van der Waals surface area contributed by atoms with Crippen molar-refractivity contribution in [2.45, 2.75) is 32.1 Å². The van der Waals surface area contributed by atoms with Gasteiger partial charge in [0.1, 0.15) is 0 Å². The highest BCUT2D eigenvalue weighted by Gasteiger charge is 2.24. The molecule has 0 aromatic heterocycles. The molecule has 25 heavy (non-hydrogen) atoms. The maximum absolute atomic E-state index is 11.8. The van der Waals surface area contributed by atoms with Gasteiger partial charge in [0, 0.05) is 25.3 Å². The van der Waals surface area contributed by atoms with Gasteiger partial charge in [0.2, 0.25) is 0 Å². The molecule has 0 amide bonds. The predicted octanol–water partition coefficient (Wildman–Crippen LogP) is 1.81. The van der Waals surface area contributed by atoms with Crippen molar-refractivity contribution in [1.29, 1.82) is 0 Å². The topological polar surface area (TPSA) is 118 Å². The number of aromatic hydroxyl groups is 1. The van der Waals surface area contributed by atoms with Gasteiger partial charge in [0.25, 0.3) is 0 Å². The highest BCUT2D eigenvalue weighted by atomic mass is 16.5. The number of esters is 1. The molecule has 0 bridgehead atoms. The number of phenols is 1. The van der Waals surface area contributed by atoms with Crippen LogP contribution in [0.2, 0.25) is 0 Å². The Morgan fingerprint density at radius 3 is 2.64 bits per heavy atom. The van der Waals surface area contributed by atoms with Crippen LogP contribution in [0.5, 0.6) is 11.5 Å². The van der Waals surface area contributed by atoms with E-state index >= 15 is 0 Å². The number of Topliss-reactive ketones (excluding diaryl/α,β-unsaturated/α-hetero) is 2. The van der Waals surface area contributed by atoms with E-state index in [2.05, 4.69) is 0 Å². The van der Waals surface area contributed by atoms with Crippen molar-refractivity contribution >= 4 is 23.5 Å². The molecular weight excluding hydrogens is 328 g/mol. The van der Waals surface area contributed by atoms with Crippen LogP contribution >= 0.6 is 0 Å². The molecule has 132 valence electrons. The second-order valence-electron chi connectivity index (χ2n) is 5.83. The van der Waals surface area contributed by atoms with Crippen molar-refractivity contribution < 1.29 is 34.1 Å². The van der Waals surface area contributed by atoms with Gasteiger partial charge in [-0.15, -0.1) is 0 Å². The number of carboxylic acid groups (broad SMARTS) is 1. The lowest BCUT2D eigenvalue weighted by atomic mass is 9.87. The number of ether oxygens (including phenoxy) is 1. The van der Waals surface area contributed by atoms with Crippen LogP contribution in [0.25, 0.3) is 0 Å². The summed E-state index contributed by atoms with van der Waals surface area (Å²) in [6.45, 7) is 0. The monoisotopic (exact) mass is 346 g/mol. The van der Waals surface area contributed by atoms with E-state index < -0.39 is 17.7 Å². The van der Waals surface area contributed by atoms with Crippen molar-refractivity contribution in [3.05, 3.63) is 35.9 Å². The van der Waals surface area contributed by atoms with Crippen LogP contribution in [0.15, 0.2) is 30.4 Å². The average molecular weight is 346 g/mol. The molecule has 0 saturated heterocycles. The second-order valence-corrected chi connectivity index (χ2v) is 5.83. The Morgan fingerprint density at radius 2 is 2.00 bits per heavy atom. The van der Waals surface area contributed by atoms with Gasteiger partial charge in [-0.25, -0.2) is 4.79 Å². The van der Waals surface area contributed by atoms with Gasteiger partial charge in [0.15, 0.2) is 23.1 Å². The van der Waals surface area contributed by atoms with Crippen LogP contribution in [0.1, 0.15) is 31.2 Å². The molecule has 1 aromatic carbocycles. The summed E-state index contributed by atoms with van der Waals surface area (Å²) in [5.74, 6) is -2.93. The molecule has 1 fully saturated rings. The first-order valence-corrected chi connectivity index (χ1v) is 7.85. The zero-order valence-electron chi connectivity index (χ0n) is 13.4. The number of carboxylic acids is 1. The summed E-state index contributed by atoms with van der Waals surface area (Å²) in [6.07, 6.45) is 3.68. The molecule has 1 aliphatic carbocycles. The molecule has 1 unspecified atom stereocenters. The molecule has 0 aliphatic heterocycles. The number of rotatable bonds is 6. The van der Waals surface area contributed by atoms with Crippen LogP contribution in [0.3, 0.4) is 0 Å². The zero-order valence-corrected chi connectivity index (χ0v) is 13.4. The van der Waals surface area contributed by atoms with E-state index in [0.717, 1.165) is 0 Å². The summed E-state index contributed by atoms with van der Waals surface area (Å²) in [6, 6.07) is 4.31. The Labute approximate surface area is 143 Å². The third-order valence-corrected chi connectivity index (χ3v) is 3.87. The molecule has 7 nitrogen and oxygen atoms in total. The molecule has 0 radical (unpaired) electrons. The lowest BCUT2D eigenvalue weighted by molar-refractivity contribution is -0.138. The molecule has 1 saturated carbocycles. The van der Waals surface area contributed by atoms with Crippen molar-refractivity contribution in [3.63, 3.8) is 0 Å². The van der Waals surface area contributed by atoms with E-state index in [0.29, 0.717) is 12.0 Å². The largest absolute Gasteiger partial charge is 0.504 e. The maximum Gasteiger partial charge on any atom is 0.335 e. The fraction of sp³-hybridized carbons (Fsp3) is 0.333. The van der Waals surface area contributed by atoms with Gasteiger partial charge < -0.3 is 14.9 Å². The lowest BCUT2D eigenvalue weighted by Gasteiger charge is -2.15. The number of carbonyl (C=O) groups is 4.